The van der Waals surface area contributed by atoms with Crippen molar-refractivity contribution < 1.29 is 9.47 Å². The molecule has 2 bridgehead atoms. The lowest BCUT2D eigenvalue weighted by molar-refractivity contribution is -0.124. The molecule has 0 aliphatic heterocycles. The van der Waals surface area contributed by atoms with Gasteiger partial charge in [-0.15, -0.1) is 0 Å². The normalized spacial score (nSPS) is 51.9. The summed E-state index contributed by atoms with van der Waals surface area (Å²) >= 11 is 0. The molecule has 19 heavy (non-hydrogen) atoms. The highest BCUT2D eigenvalue weighted by atomic mass is 16.5. The lowest BCUT2D eigenvalue weighted by atomic mass is 9.54. The van der Waals surface area contributed by atoms with E-state index in [1.165, 1.54) is 38.5 Å². The molecule has 3 rings (SSSR count). The molecule has 2 heteroatoms. The third-order valence-electron chi connectivity index (χ3n) is 6.80. The van der Waals surface area contributed by atoms with Gasteiger partial charge in [-0.3, -0.25) is 0 Å². The fraction of sp³-hybridized carbons (Fsp3) is 1.00. The van der Waals surface area contributed by atoms with E-state index >= 15 is 0 Å². The zero-order valence-corrected chi connectivity index (χ0v) is 13.3. The maximum Gasteiger partial charge on any atom is 0.0664 e. The van der Waals surface area contributed by atoms with E-state index in [9.17, 15) is 0 Å². The van der Waals surface area contributed by atoms with Crippen LogP contribution in [0.15, 0.2) is 0 Å². The van der Waals surface area contributed by atoms with Gasteiger partial charge in [0.1, 0.15) is 0 Å². The molecule has 0 aromatic carbocycles. The van der Waals surface area contributed by atoms with Crippen LogP contribution in [0.3, 0.4) is 0 Å². The topological polar surface area (TPSA) is 18.5 Å². The number of methoxy groups -OCH3 is 2. The van der Waals surface area contributed by atoms with E-state index in [2.05, 4.69) is 20.8 Å². The summed E-state index contributed by atoms with van der Waals surface area (Å²) in [6.45, 7) is 7.38. The van der Waals surface area contributed by atoms with Crippen LogP contribution < -0.4 is 0 Å². The fourth-order valence-corrected chi connectivity index (χ4v) is 6.35. The van der Waals surface area contributed by atoms with Gasteiger partial charge in [-0.05, 0) is 48.9 Å². The van der Waals surface area contributed by atoms with E-state index < -0.39 is 0 Å². The SMILES string of the molecule is CO[C@@H]1[C@@H]2C(C)(C)CCC[C@]23C[C@@]1(C)CC[C@H]3OC. The molecule has 3 saturated carbocycles. The number of ether oxygens (including phenoxy) is 2. The summed E-state index contributed by atoms with van der Waals surface area (Å²) in [5.41, 5.74) is 1.14. The monoisotopic (exact) mass is 266 g/mol. The van der Waals surface area contributed by atoms with Gasteiger partial charge < -0.3 is 9.47 Å². The molecule has 0 heterocycles. The third-order valence-corrected chi connectivity index (χ3v) is 6.80. The van der Waals surface area contributed by atoms with Crippen molar-refractivity contribution in [1.82, 2.24) is 0 Å². The minimum absolute atomic E-state index is 0.371. The first-order valence-corrected chi connectivity index (χ1v) is 7.95. The molecule has 0 unspecified atom stereocenters. The predicted octanol–water partition coefficient (Wildman–Crippen LogP) is 4.03. The van der Waals surface area contributed by atoms with Gasteiger partial charge in [0.15, 0.2) is 0 Å². The minimum atomic E-state index is 0.371. The highest BCUT2D eigenvalue weighted by Crippen LogP contribution is 2.70. The van der Waals surface area contributed by atoms with Crippen LogP contribution >= 0.6 is 0 Å². The molecule has 0 radical (unpaired) electrons. The van der Waals surface area contributed by atoms with E-state index in [0.29, 0.717) is 34.4 Å². The van der Waals surface area contributed by atoms with E-state index in [1.807, 2.05) is 14.2 Å². The highest BCUT2D eigenvalue weighted by molar-refractivity contribution is 5.17. The Labute approximate surface area is 118 Å². The minimum Gasteiger partial charge on any atom is -0.381 e. The van der Waals surface area contributed by atoms with E-state index in [0.717, 1.165) is 0 Å². The lowest BCUT2D eigenvalue weighted by Crippen LogP contribution is -2.51. The molecule has 0 saturated heterocycles. The van der Waals surface area contributed by atoms with Crippen LogP contribution in [0.1, 0.15) is 59.3 Å². The van der Waals surface area contributed by atoms with Crippen molar-refractivity contribution in [3.63, 3.8) is 0 Å². The van der Waals surface area contributed by atoms with Crippen LogP contribution in [-0.4, -0.2) is 26.4 Å². The van der Waals surface area contributed by atoms with Gasteiger partial charge in [0, 0.05) is 19.6 Å². The van der Waals surface area contributed by atoms with Crippen molar-refractivity contribution in [2.45, 2.75) is 71.5 Å². The first-order chi connectivity index (χ1) is 8.89. The summed E-state index contributed by atoms with van der Waals surface area (Å²) in [6.07, 6.45) is 8.70. The molecule has 0 N–H and O–H groups in total. The Morgan fingerprint density at radius 2 is 1.68 bits per heavy atom. The second kappa shape index (κ2) is 4.21. The number of rotatable bonds is 2. The molecule has 1 spiro atoms. The van der Waals surface area contributed by atoms with Crippen molar-refractivity contribution in [2.75, 3.05) is 14.2 Å². The maximum atomic E-state index is 6.07. The van der Waals surface area contributed by atoms with Gasteiger partial charge in [-0.2, -0.15) is 0 Å². The summed E-state index contributed by atoms with van der Waals surface area (Å²) in [4.78, 5) is 0. The molecule has 0 aromatic heterocycles. The Bertz CT molecular complexity index is 364. The molecule has 3 aliphatic rings. The quantitative estimate of drug-likeness (QED) is 0.751. The van der Waals surface area contributed by atoms with E-state index in [1.54, 1.807) is 0 Å². The van der Waals surface area contributed by atoms with E-state index in [-0.39, 0.29) is 0 Å². The summed E-state index contributed by atoms with van der Waals surface area (Å²) in [7, 11) is 3.84. The zero-order chi connectivity index (χ0) is 13.9. The molecule has 3 aliphatic carbocycles. The molecular weight excluding hydrogens is 236 g/mol. The molecule has 110 valence electrons. The highest BCUT2D eigenvalue weighted by Gasteiger charge is 2.68. The second-order valence-corrected chi connectivity index (χ2v) is 8.30. The molecule has 5 atom stereocenters. The average molecular weight is 266 g/mol. The Morgan fingerprint density at radius 1 is 0.947 bits per heavy atom. The van der Waals surface area contributed by atoms with Crippen molar-refractivity contribution in [3.8, 4) is 0 Å². The molecule has 3 fully saturated rings. The van der Waals surface area contributed by atoms with Crippen molar-refractivity contribution in [3.05, 3.63) is 0 Å². The summed E-state index contributed by atoms with van der Waals surface area (Å²) < 4.78 is 12.0. The zero-order valence-electron chi connectivity index (χ0n) is 13.3. The van der Waals surface area contributed by atoms with Gasteiger partial charge in [0.2, 0.25) is 0 Å². The number of hydrogen-bond donors (Lipinski definition) is 0. The Balaban J connectivity index is 2.09. The van der Waals surface area contributed by atoms with Crippen LogP contribution in [0.25, 0.3) is 0 Å². The molecule has 0 aromatic rings. The number of hydrogen-bond acceptors (Lipinski definition) is 2. The van der Waals surface area contributed by atoms with Gasteiger partial charge in [0.05, 0.1) is 12.2 Å². The summed E-state index contributed by atoms with van der Waals surface area (Å²) in [5.74, 6) is 0.663. The van der Waals surface area contributed by atoms with Crippen LogP contribution in [0.2, 0.25) is 0 Å². The Hall–Kier alpha value is -0.0800. The molecule has 2 nitrogen and oxygen atoms in total. The standard InChI is InChI=1S/C17H30O2/c1-15(2)8-6-9-17-11-16(3,10-7-12(17)18-4)14(19-5)13(15)17/h12-14H,6-11H2,1-5H3/t12-,13-,14-,16-,17-/m1/s1. The average Bonchev–Trinajstić information content (AvgIpc) is 2.54. The fourth-order valence-electron chi connectivity index (χ4n) is 6.35. The number of fused-ring (bicyclic) bond motifs is 1. The lowest BCUT2D eigenvalue weighted by Gasteiger charge is -2.53. The second-order valence-electron chi connectivity index (χ2n) is 8.30. The van der Waals surface area contributed by atoms with Crippen LogP contribution in [0.4, 0.5) is 0 Å². The maximum absolute atomic E-state index is 6.07. The molecular formula is C17H30O2. The van der Waals surface area contributed by atoms with Gasteiger partial charge in [-0.1, -0.05) is 27.2 Å². The van der Waals surface area contributed by atoms with Crippen molar-refractivity contribution in [2.24, 2.45) is 22.2 Å². The third kappa shape index (κ3) is 1.68. The van der Waals surface area contributed by atoms with Crippen molar-refractivity contribution in [1.29, 1.82) is 0 Å². The summed E-state index contributed by atoms with van der Waals surface area (Å²) in [6, 6.07) is 0. The van der Waals surface area contributed by atoms with E-state index in [4.69, 9.17) is 9.47 Å². The van der Waals surface area contributed by atoms with Gasteiger partial charge >= 0.3 is 0 Å². The smallest absolute Gasteiger partial charge is 0.0664 e. The summed E-state index contributed by atoms with van der Waals surface area (Å²) in [5, 5.41) is 0. The first-order valence-electron chi connectivity index (χ1n) is 7.95. The Kier molecular flexibility index (Phi) is 3.07. The van der Waals surface area contributed by atoms with Crippen LogP contribution in [-0.2, 0) is 9.47 Å². The van der Waals surface area contributed by atoms with Crippen LogP contribution in [0.5, 0.6) is 0 Å². The molecule has 0 amide bonds. The first kappa shape index (κ1) is 13.9. The van der Waals surface area contributed by atoms with Gasteiger partial charge in [0.25, 0.3) is 0 Å². The Morgan fingerprint density at radius 3 is 2.32 bits per heavy atom. The van der Waals surface area contributed by atoms with Crippen molar-refractivity contribution >= 4 is 0 Å². The van der Waals surface area contributed by atoms with Gasteiger partial charge in [-0.25, -0.2) is 0 Å². The van der Waals surface area contributed by atoms with Crippen LogP contribution in [0, 0.1) is 22.2 Å². The largest absolute Gasteiger partial charge is 0.381 e. The predicted molar refractivity (Wildman–Crippen MR) is 77.1 cm³/mol.